The third kappa shape index (κ3) is 2.78. The fourth-order valence-corrected chi connectivity index (χ4v) is 3.19. The molecule has 0 saturated carbocycles. The van der Waals surface area contributed by atoms with Gasteiger partial charge in [-0.15, -0.1) is 11.3 Å². The zero-order valence-electron chi connectivity index (χ0n) is 10.1. The van der Waals surface area contributed by atoms with E-state index in [9.17, 15) is 4.79 Å². The maximum absolute atomic E-state index is 10.7. The lowest BCUT2D eigenvalue weighted by atomic mass is 10.5. The molecule has 7 heteroatoms. The zero-order chi connectivity index (χ0) is 13.9. The van der Waals surface area contributed by atoms with Gasteiger partial charge in [0, 0.05) is 11.1 Å². The Morgan fingerprint density at radius 3 is 3.00 bits per heavy atom. The molecular formula is C13H9NO4S2. The summed E-state index contributed by atoms with van der Waals surface area (Å²) < 4.78 is 10.4. The van der Waals surface area contributed by atoms with E-state index < -0.39 is 5.97 Å². The van der Waals surface area contributed by atoms with Gasteiger partial charge in [0.2, 0.25) is 5.76 Å². The van der Waals surface area contributed by atoms with E-state index in [-0.39, 0.29) is 5.76 Å². The second-order valence-corrected chi connectivity index (χ2v) is 5.67. The molecule has 0 aliphatic rings. The fraction of sp³-hybridized carbons (Fsp3) is 0.0769. The maximum Gasteiger partial charge on any atom is 0.371 e. The molecule has 0 fully saturated rings. The van der Waals surface area contributed by atoms with Crippen molar-refractivity contribution >= 4 is 29.1 Å². The summed E-state index contributed by atoms with van der Waals surface area (Å²) in [5, 5.41) is 12.1. The van der Waals surface area contributed by atoms with Crippen molar-refractivity contribution in [2.45, 2.75) is 10.8 Å². The van der Waals surface area contributed by atoms with Gasteiger partial charge in [0.05, 0.1) is 12.0 Å². The molecule has 0 bridgehead atoms. The van der Waals surface area contributed by atoms with E-state index in [1.807, 2.05) is 17.5 Å². The van der Waals surface area contributed by atoms with E-state index in [0.717, 1.165) is 16.5 Å². The molecule has 0 aliphatic carbocycles. The summed E-state index contributed by atoms with van der Waals surface area (Å²) in [7, 11) is 0. The Morgan fingerprint density at radius 1 is 1.40 bits per heavy atom. The molecule has 1 N–H and O–H groups in total. The first-order valence-electron chi connectivity index (χ1n) is 5.66. The first kappa shape index (κ1) is 13.0. The molecule has 0 aliphatic heterocycles. The van der Waals surface area contributed by atoms with Crippen molar-refractivity contribution in [3.63, 3.8) is 0 Å². The van der Waals surface area contributed by atoms with Crippen LogP contribution in [0, 0.1) is 0 Å². The summed E-state index contributed by atoms with van der Waals surface area (Å²) >= 11 is 2.92. The number of hydrogen-bond acceptors (Lipinski definition) is 6. The van der Waals surface area contributed by atoms with E-state index in [0.29, 0.717) is 10.8 Å². The van der Waals surface area contributed by atoms with Crippen LogP contribution in [0.25, 0.3) is 10.8 Å². The molecule has 3 aromatic rings. The molecule has 102 valence electrons. The third-order valence-electron chi connectivity index (χ3n) is 2.44. The van der Waals surface area contributed by atoms with Crippen LogP contribution in [0.4, 0.5) is 0 Å². The van der Waals surface area contributed by atoms with Crippen molar-refractivity contribution in [2.24, 2.45) is 0 Å². The van der Waals surface area contributed by atoms with Gasteiger partial charge in [0.1, 0.15) is 0 Å². The third-order valence-corrected chi connectivity index (χ3v) is 4.29. The summed E-state index contributed by atoms with van der Waals surface area (Å²) in [4.78, 5) is 15.2. The lowest BCUT2D eigenvalue weighted by Crippen LogP contribution is -1.91. The molecule has 3 rings (SSSR count). The van der Waals surface area contributed by atoms with Gasteiger partial charge in [-0.25, -0.2) is 9.78 Å². The highest BCUT2D eigenvalue weighted by Gasteiger charge is 2.11. The number of nitrogens with zero attached hydrogens (tertiary/aromatic N) is 1. The number of rotatable bonds is 5. The lowest BCUT2D eigenvalue weighted by Gasteiger charge is -1.94. The normalized spacial score (nSPS) is 10.8. The highest BCUT2D eigenvalue weighted by molar-refractivity contribution is 7.98. The predicted octanol–water partition coefficient (Wildman–Crippen LogP) is 3.99. The summed E-state index contributed by atoms with van der Waals surface area (Å²) in [6, 6.07) is 6.77. The predicted molar refractivity (Wildman–Crippen MR) is 75.0 cm³/mol. The Hall–Kier alpha value is -1.99. The number of carboxylic acid groups (broad SMARTS) is 1. The Bertz CT molecular complexity index is 714. The quantitative estimate of drug-likeness (QED) is 0.718. The van der Waals surface area contributed by atoms with Gasteiger partial charge >= 0.3 is 5.97 Å². The van der Waals surface area contributed by atoms with Crippen LogP contribution in [0.3, 0.4) is 0 Å². The highest BCUT2D eigenvalue weighted by Crippen LogP contribution is 2.29. The minimum Gasteiger partial charge on any atom is -0.475 e. The van der Waals surface area contributed by atoms with E-state index >= 15 is 0 Å². The summed E-state index contributed by atoms with van der Waals surface area (Å²) in [6.45, 7) is 0. The SMILES string of the molecule is O=C(O)c1ccc(SCc2csc(-c3ccco3)n2)o1. The average molecular weight is 307 g/mol. The van der Waals surface area contributed by atoms with Crippen LogP contribution >= 0.6 is 23.1 Å². The number of carbonyl (C=O) groups is 1. The minimum atomic E-state index is -1.06. The van der Waals surface area contributed by atoms with Crippen LogP contribution in [0.5, 0.6) is 0 Å². The molecule has 0 radical (unpaired) electrons. The van der Waals surface area contributed by atoms with Crippen LogP contribution in [0.2, 0.25) is 0 Å². The molecule has 0 aromatic carbocycles. The monoisotopic (exact) mass is 307 g/mol. The Balaban J connectivity index is 1.65. The average Bonchev–Trinajstić information content (AvgIpc) is 3.17. The van der Waals surface area contributed by atoms with Gasteiger partial charge in [-0.05, 0) is 24.3 Å². The Labute approximate surface area is 122 Å². The molecule has 20 heavy (non-hydrogen) atoms. The molecule has 0 saturated heterocycles. The molecule has 0 unspecified atom stereocenters. The Kier molecular flexibility index (Phi) is 3.62. The van der Waals surface area contributed by atoms with E-state index in [2.05, 4.69) is 4.98 Å². The van der Waals surface area contributed by atoms with E-state index in [4.69, 9.17) is 13.9 Å². The second-order valence-electron chi connectivity index (χ2n) is 3.83. The lowest BCUT2D eigenvalue weighted by molar-refractivity contribution is 0.0656. The van der Waals surface area contributed by atoms with Crippen molar-refractivity contribution in [3.05, 3.63) is 47.4 Å². The topological polar surface area (TPSA) is 76.5 Å². The number of thioether (sulfide) groups is 1. The number of thiazole rings is 1. The summed E-state index contributed by atoms with van der Waals surface area (Å²) in [5.41, 5.74) is 0.902. The number of aromatic carboxylic acids is 1. The zero-order valence-corrected chi connectivity index (χ0v) is 11.7. The maximum atomic E-state index is 10.7. The van der Waals surface area contributed by atoms with Crippen molar-refractivity contribution in [1.29, 1.82) is 0 Å². The number of furan rings is 2. The van der Waals surface area contributed by atoms with Gasteiger partial charge in [-0.1, -0.05) is 11.8 Å². The number of aromatic nitrogens is 1. The molecule has 0 amide bonds. The molecule has 5 nitrogen and oxygen atoms in total. The van der Waals surface area contributed by atoms with Crippen molar-refractivity contribution in [2.75, 3.05) is 0 Å². The number of hydrogen-bond donors (Lipinski definition) is 1. The molecule has 3 heterocycles. The van der Waals surface area contributed by atoms with Gasteiger partial charge in [0.15, 0.2) is 15.9 Å². The number of carboxylic acids is 1. The van der Waals surface area contributed by atoms with Crippen molar-refractivity contribution in [1.82, 2.24) is 4.98 Å². The second kappa shape index (κ2) is 5.56. The first-order valence-corrected chi connectivity index (χ1v) is 7.53. The van der Waals surface area contributed by atoms with Crippen LogP contribution < -0.4 is 0 Å². The Morgan fingerprint density at radius 2 is 2.30 bits per heavy atom. The molecule has 0 atom stereocenters. The van der Waals surface area contributed by atoms with E-state index in [1.54, 1.807) is 12.3 Å². The summed E-state index contributed by atoms with van der Waals surface area (Å²) in [5.74, 6) is 0.245. The summed E-state index contributed by atoms with van der Waals surface area (Å²) in [6.07, 6.45) is 1.61. The highest BCUT2D eigenvalue weighted by atomic mass is 32.2. The van der Waals surface area contributed by atoms with Crippen molar-refractivity contribution < 1.29 is 18.7 Å². The molecule has 3 aromatic heterocycles. The van der Waals surface area contributed by atoms with Crippen LogP contribution in [-0.2, 0) is 5.75 Å². The molecule has 0 spiro atoms. The largest absolute Gasteiger partial charge is 0.475 e. The van der Waals surface area contributed by atoms with Gasteiger partial charge in [0.25, 0.3) is 0 Å². The smallest absolute Gasteiger partial charge is 0.371 e. The van der Waals surface area contributed by atoms with Gasteiger partial charge < -0.3 is 13.9 Å². The standard InChI is InChI=1S/C13H9NO4S2/c15-13(16)10-3-4-11(18-10)19-6-8-7-20-12(14-8)9-2-1-5-17-9/h1-5,7H,6H2,(H,15,16). The van der Waals surface area contributed by atoms with Crippen molar-refractivity contribution in [3.8, 4) is 10.8 Å². The molecular weight excluding hydrogens is 298 g/mol. The first-order chi connectivity index (χ1) is 9.72. The van der Waals surface area contributed by atoms with Crippen LogP contribution in [-0.4, -0.2) is 16.1 Å². The van der Waals surface area contributed by atoms with Crippen LogP contribution in [0.1, 0.15) is 16.2 Å². The minimum absolute atomic E-state index is 0.0537. The van der Waals surface area contributed by atoms with Gasteiger partial charge in [-0.2, -0.15) is 0 Å². The van der Waals surface area contributed by atoms with E-state index in [1.165, 1.54) is 29.2 Å². The van der Waals surface area contributed by atoms with Crippen LogP contribution in [0.15, 0.2) is 49.8 Å². The fourth-order valence-electron chi connectivity index (χ4n) is 1.54. The van der Waals surface area contributed by atoms with Gasteiger partial charge in [-0.3, -0.25) is 0 Å².